The van der Waals surface area contributed by atoms with Gasteiger partial charge in [0.1, 0.15) is 0 Å². The van der Waals surface area contributed by atoms with Crippen molar-refractivity contribution in [1.29, 1.82) is 0 Å². The molecule has 1 aromatic carbocycles. The van der Waals surface area contributed by atoms with E-state index in [4.69, 9.17) is 11.6 Å². The normalized spacial score (nSPS) is 11.0. The van der Waals surface area contributed by atoms with Crippen molar-refractivity contribution in [3.63, 3.8) is 0 Å². The summed E-state index contributed by atoms with van der Waals surface area (Å²) in [5.74, 6) is 1.04. The van der Waals surface area contributed by atoms with Gasteiger partial charge in [-0.3, -0.25) is 4.79 Å². The SMILES string of the molecule is CCCn1c(SCC(=O)Nc2cccc(Cl)c2C)nnc1-c1csc(CC)c1. The molecule has 0 radical (unpaired) electrons. The molecule has 1 amide bonds. The van der Waals surface area contributed by atoms with Gasteiger partial charge in [-0.25, -0.2) is 0 Å². The maximum atomic E-state index is 12.4. The lowest BCUT2D eigenvalue weighted by Gasteiger charge is -2.10. The summed E-state index contributed by atoms with van der Waals surface area (Å²) in [5.41, 5.74) is 2.69. The molecule has 0 fully saturated rings. The number of amides is 1. The Balaban J connectivity index is 1.71. The largest absolute Gasteiger partial charge is 0.325 e. The van der Waals surface area contributed by atoms with Crippen LogP contribution in [0, 0.1) is 6.92 Å². The van der Waals surface area contributed by atoms with Crippen molar-refractivity contribution in [2.75, 3.05) is 11.1 Å². The molecule has 0 saturated heterocycles. The molecular weight excluding hydrogens is 412 g/mol. The third-order valence-electron chi connectivity index (χ3n) is 4.30. The highest BCUT2D eigenvalue weighted by Crippen LogP contribution is 2.29. The number of hydrogen-bond donors (Lipinski definition) is 1. The Labute approximate surface area is 178 Å². The number of rotatable bonds is 8. The monoisotopic (exact) mass is 434 g/mol. The summed E-state index contributed by atoms with van der Waals surface area (Å²) in [6.45, 7) is 6.98. The molecule has 0 aliphatic rings. The van der Waals surface area contributed by atoms with Crippen molar-refractivity contribution in [3.05, 3.63) is 45.1 Å². The van der Waals surface area contributed by atoms with Crippen LogP contribution in [0.1, 0.15) is 30.7 Å². The Kier molecular flexibility index (Phi) is 7.15. The van der Waals surface area contributed by atoms with Crippen LogP contribution in [0.5, 0.6) is 0 Å². The number of thiophene rings is 1. The number of halogens is 1. The topological polar surface area (TPSA) is 59.8 Å². The Hall–Kier alpha value is -1.83. The predicted molar refractivity (Wildman–Crippen MR) is 119 cm³/mol. The number of anilines is 1. The van der Waals surface area contributed by atoms with Crippen LogP contribution in [0.4, 0.5) is 5.69 Å². The Morgan fingerprint density at radius 2 is 2.14 bits per heavy atom. The zero-order chi connectivity index (χ0) is 20.1. The van der Waals surface area contributed by atoms with Crippen LogP contribution in [0.25, 0.3) is 11.4 Å². The van der Waals surface area contributed by atoms with E-state index in [1.165, 1.54) is 16.6 Å². The van der Waals surface area contributed by atoms with E-state index in [2.05, 4.69) is 45.4 Å². The van der Waals surface area contributed by atoms with Gasteiger partial charge in [0.05, 0.1) is 5.75 Å². The number of thioether (sulfide) groups is 1. The van der Waals surface area contributed by atoms with Crippen LogP contribution >= 0.6 is 34.7 Å². The van der Waals surface area contributed by atoms with Crippen LogP contribution in [-0.4, -0.2) is 26.4 Å². The summed E-state index contributed by atoms with van der Waals surface area (Å²) >= 11 is 9.26. The van der Waals surface area contributed by atoms with Crippen LogP contribution in [-0.2, 0) is 17.8 Å². The minimum atomic E-state index is -0.0910. The van der Waals surface area contributed by atoms with Crippen molar-refractivity contribution < 1.29 is 4.79 Å². The quantitative estimate of drug-likeness (QED) is 0.464. The van der Waals surface area contributed by atoms with Crippen LogP contribution in [0.3, 0.4) is 0 Å². The van der Waals surface area contributed by atoms with Gasteiger partial charge in [0.2, 0.25) is 5.91 Å². The minimum Gasteiger partial charge on any atom is -0.325 e. The third-order valence-corrected chi connectivity index (χ3v) is 6.76. The summed E-state index contributed by atoms with van der Waals surface area (Å²) in [7, 11) is 0. The first-order valence-corrected chi connectivity index (χ1v) is 11.5. The third kappa shape index (κ3) is 4.77. The average Bonchev–Trinajstić information content (AvgIpc) is 3.31. The second-order valence-electron chi connectivity index (χ2n) is 6.36. The van der Waals surface area contributed by atoms with Crippen molar-refractivity contribution >= 4 is 46.3 Å². The first-order valence-electron chi connectivity index (χ1n) is 9.22. The average molecular weight is 435 g/mol. The molecule has 0 bridgehead atoms. The van der Waals surface area contributed by atoms with Crippen molar-refractivity contribution in [1.82, 2.24) is 14.8 Å². The molecule has 2 heterocycles. The molecule has 2 aromatic heterocycles. The lowest BCUT2D eigenvalue weighted by molar-refractivity contribution is -0.113. The van der Waals surface area contributed by atoms with Gasteiger partial charge >= 0.3 is 0 Å². The molecule has 3 aromatic rings. The zero-order valence-corrected chi connectivity index (χ0v) is 18.5. The molecule has 0 aliphatic heterocycles. The van der Waals surface area contributed by atoms with E-state index in [-0.39, 0.29) is 11.7 Å². The number of hydrogen-bond acceptors (Lipinski definition) is 5. The molecule has 3 rings (SSSR count). The smallest absolute Gasteiger partial charge is 0.234 e. The van der Waals surface area contributed by atoms with E-state index in [1.54, 1.807) is 11.3 Å². The molecular formula is C20H23ClN4OS2. The highest BCUT2D eigenvalue weighted by molar-refractivity contribution is 7.99. The second-order valence-corrected chi connectivity index (χ2v) is 8.71. The van der Waals surface area contributed by atoms with E-state index in [0.717, 1.165) is 47.2 Å². The molecule has 0 saturated carbocycles. The second kappa shape index (κ2) is 9.58. The van der Waals surface area contributed by atoms with Gasteiger partial charge in [0, 0.05) is 33.1 Å². The fraction of sp³-hybridized carbons (Fsp3) is 0.350. The van der Waals surface area contributed by atoms with Gasteiger partial charge in [-0.05, 0) is 43.5 Å². The molecule has 0 atom stereocenters. The summed E-state index contributed by atoms with van der Waals surface area (Å²) in [4.78, 5) is 13.7. The van der Waals surface area contributed by atoms with Gasteiger partial charge < -0.3 is 9.88 Å². The van der Waals surface area contributed by atoms with Gasteiger partial charge in [-0.1, -0.05) is 43.3 Å². The van der Waals surface area contributed by atoms with E-state index >= 15 is 0 Å². The first kappa shape index (κ1) is 20.9. The van der Waals surface area contributed by atoms with Crippen LogP contribution < -0.4 is 5.32 Å². The lowest BCUT2D eigenvalue weighted by atomic mass is 10.2. The Morgan fingerprint density at radius 1 is 1.32 bits per heavy atom. The Morgan fingerprint density at radius 3 is 2.86 bits per heavy atom. The van der Waals surface area contributed by atoms with E-state index in [0.29, 0.717) is 5.02 Å². The fourth-order valence-corrected chi connectivity index (χ4v) is 4.53. The van der Waals surface area contributed by atoms with Crippen molar-refractivity contribution in [3.8, 4) is 11.4 Å². The number of nitrogens with zero attached hydrogens (tertiary/aromatic N) is 3. The fourth-order valence-electron chi connectivity index (χ4n) is 2.78. The number of aromatic nitrogens is 3. The highest BCUT2D eigenvalue weighted by Gasteiger charge is 2.16. The van der Waals surface area contributed by atoms with E-state index in [1.807, 2.05) is 25.1 Å². The molecule has 1 N–H and O–H groups in total. The van der Waals surface area contributed by atoms with Gasteiger partial charge in [0.15, 0.2) is 11.0 Å². The lowest BCUT2D eigenvalue weighted by Crippen LogP contribution is -2.15. The number of nitrogens with one attached hydrogen (secondary N) is 1. The summed E-state index contributed by atoms with van der Waals surface area (Å²) in [6.07, 6.45) is 1.98. The number of aryl methyl sites for hydroxylation is 1. The summed E-state index contributed by atoms with van der Waals surface area (Å²) in [6, 6.07) is 7.66. The highest BCUT2D eigenvalue weighted by atomic mass is 35.5. The van der Waals surface area contributed by atoms with Crippen molar-refractivity contribution in [2.45, 2.75) is 45.3 Å². The predicted octanol–water partition coefficient (Wildman–Crippen LogP) is 5.67. The van der Waals surface area contributed by atoms with Gasteiger partial charge in [-0.15, -0.1) is 21.5 Å². The van der Waals surface area contributed by atoms with Gasteiger partial charge in [0.25, 0.3) is 0 Å². The molecule has 28 heavy (non-hydrogen) atoms. The number of benzene rings is 1. The van der Waals surface area contributed by atoms with E-state index in [9.17, 15) is 4.79 Å². The minimum absolute atomic E-state index is 0.0910. The Bertz CT molecular complexity index is 967. The summed E-state index contributed by atoms with van der Waals surface area (Å²) < 4.78 is 2.10. The number of carbonyl (C=O) groups is 1. The van der Waals surface area contributed by atoms with Crippen molar-refractivity contribution in [2.24, 2.45) is 0 Å². The van der Waals surface area contributed by atoms with Crippen LogP contribution in [0.2, 0.25) is 5.02 Å². The first-order chi connectivity index (χ1) is 13.5. The van der Waals surface area contributed by atoms with Gasteiger partial charge in [-0.2, -0.15) is 0 Å². The number of carbonyl (C=O) groups excluding carboxylic acids is 1. The standard InChI is InChI=1S/C20H23ClN4OS2/c1-4-9-25-19(14-10-15(5-2)27-11-14)23-24-20(25)28-12-18(26)22-17-8-6-7-16(21)13(17)3/h6-8,10-11H,4-5,9,12H2,1-3H3,(H,22,26). The molecule has 148 valence electrons. The maximum Gasteiger partial charge on any atom is 0.234 e. The molecule has 8 heteroatoms. The summed E-state index contributed by atoms with van der Waals surface area (Å²) in [5, 5.41) is 15.2. The molecule has 0 spiro atoms. The maximum absolute atomic E-state index is 12.4. The van der Waals surface area contributed by atoms with Crippen LogP contribution in [0.15, 0.2) is 34.8 Å². The zero-order valence-electron chi connectivity index (χ0n) is 16.2. The molecule has 5 nitrogen and oxygen atoms in total. The molecule has 0 unspecified atom stereocenters. The van der Waals surface area contributed by atoms with E-state index < -0.39 is 0 Å². The molecule has 0 aliphatic carbocycles.